The number of aromatic nitrogens is 3. The van der Waals surface area contributed by atoms with Crippen LogP contribution in [0.5, 0.6) is 0 Å². The third-order valence-corrected chi connectivity index (χ3v) is 10.2. The summed E-state index contributed by atoms with van der Waals surface area (Å²) in [6.07, 6.45) is 6.00. The SMILES string of the molecule is C=CCON=C(C(=O)NC1C(=O)N2C(C(=O)OC(c3ccccc3)c3ccccc3)=CC(S/C=C/c3ccccn3)S[C@H]12)c1nsc(N)n1. The number of ether oxygens (including phenoxy) is 1. The first-order valence-corrected chi connectivity index (χ1v) is 17.5. The van der Waals surface area contributed by atoms with Crippen LogP contribution < -0.4 is 11.1 Å². The van der Waals surface area contributed by atoms with Crippen LogP contribution in [0, 0.1) is 0 Å². The molecule has 248 valence electrons. The summed E-state index contributed by atoms with van der Waals surface area (Å²) < 4.78 is 9.89. The van der Waals surface area contributed by atoms with Gasteiger partial charge in [-0.2, -0.15) is 9.36 Å². The van der Waals surface area contributed by atoms with Gasteiger partial charge in [0, 0.05) is 17.7 Å². The number of β-lactam (4-membered cyclic amide) rings is 1. The van der Waals surface area contributed by atoms with Gasteiger partial charge in [0.25, 0.3) is 11.8 Å². The first kappa shape index (κ1) is 33.6. The number of benzene rings is 2. The number of hydrogen-bond donors (Lipinski definition) is 2. The van der Waals surface area contributed by atoms with E-state index in [1.54, 1.807) is 12.3 Å². The predicted molar refractivity (Wildman–Crippen MR) is 191 cm³/mol. The van der Waals surface area contributed by atoms with E-state index in [1.807, 2.05) is 90.3 Å². The molecule has 2 aromatic carbocycles. The summed E-state index contributed by atoms with van der Waals surface area (Å²) in [5.41, 5.74) is 7.88. The third-order valence-electron chi connectivity index (χ3n) is 7.15. The Hall–Kier alpha value is -5.25. The number of fused-ring (bicyclic) bond motifs is 1. The molecule has 0 aliphatic carbocycles. The van der Waals surface area contributed by atoms with E-state index < -0.39 is 35.3 Å². The zero-order valence-electron chi connectivity index (χ0n) is 25.7. The summed E-state index contributed by atoms with van der Waals surface area (Å²) in [7, 11) is 0. The lowest BCUT2D eigenvalue weighted by molar-refractivity contribution is -0.154. The van der Waals surface area contributed by atoms with E-state index in [-0.39, 0.29) is 33.6 Å². The summed E-state index contributed by atoms with van der Waals surface area (Å²) in [4.78, 5) is 56.1. The standard InChI is InChI=1S/C34H29N7O5S3/c1-2-18-45-39-26(29-38-34(35)49-40-29)30(42)37-27-31(43)41-24(20-25(48-32(27)41)47-19-16-23-15-9-10-17-36-23)33(44)46-28(21-11-5-3-6-12-21)22-13-7-4-8-14-22/h2-17,19-20,25,27-28,32H,1,18H2,(H,37,42)(H2,35,38,40)/b19-16+,39-26?/t25?,27?,32-/m1/s1. The maximum Gasteiger partial charge on any atom is 0.355 e. The van der Waals surface area contributed by atoms with Crippen LogP contribution >= 0.6 is 35.1 Å². The summed E-state index contributed by atoms with van der Waals surface area (Å²) in [6, 6.07) is 23.3. The van der Waals surface area contributed by atoms with E-state index >= 15 is 0 Å². The number of carbonyl (C=O) groups excluding carboxylic acids is 3. The molecule has 2 unspecified atom stereocenters. The van der Waals surface area contributed by atoms with Crippen molar-refractivity contribution >= 4 is 69.8 Å². The normalized spacial score (nSPS) is 18.8. The number of rotatable bonds is 13. The average Bonchev–Trinajstić information content (AvgIpc) is 3.57. The first-order chi connectivity index (χ1) is 23.9. The fourth-order valence-corrected chi connectivity index (χ4v) is 7.88. The molecule has 2 amide bonds. The Morgan fingerprint density at radius 2 is 1.80 bits per heavy atom. The van der Waals surface area contributed by atoms with Crippen LogP contribution in [0.3, 0.4) is 0 Å². The summed E-state index contributed by atoms with van der Waals surface area (Å²) in [5, 5.41) is 7.98. The Labute approximate surface area is 294 Å². The third kappa shape index (κ3) is 7.91. The molecule has 2 aromatic heterocycles. The number of thioether (sulfide) groups is 2. The van der Waals surface area contributed by atoms with Crippen LogP contribution in [0.15, 0.2) is 120 Å². The molecule has 2 aliphatic heterocycles. The molecule has 12 nitrogen and oxygen atoms in total. The van der Waals surface area contributed by atoms with E-state index in [0.717, 1.165) is 28.4 Å². The van der Waals surface area contributed by atoms with Gasteiger partial charge < -0.3 is 20.6 Å². The number of amides is 2. The minimum Gasteiger partial charge on any atom is -0.448 e. The molecule has 0 bridgehead atoms. The van der Waals surface area contributed by atoms with E-state index in [1.165, 1.54) is 34.5 Å². The summed E-state index contributed by atoms with van der Waals surface area (Å²) in [5.74, 6) is -1.96. The minimum atomic E-state index is -1.00. The van der Waals surface area contributed by atoms with Gasteiger partial charge in [-0.1, -0.05) is 84.5 Å². The zero-order chi connectivity index (χ0) is 34.2. The fourth-order valence-electron chi connectivity index (χ4n) is 4.91. The Morgan fingerprint density at radius 3 is 2.43 bits per heavy atom. The molecular weight excluding hydrogens is 683 g/mol. The second-order valence-electron chi connectivity index (χ2n) is 10.4. The fraction of sp³-hybridized carbons (Fsp3) is 0.147. The van der Waals surface area contributed by atoms with Gasteiger partial charge in [0.05, 0.1) is 10.3 Å². The van der Waals surface area contributed by atoms with Gasteiger partial charge in [-0.15, -0.1) is 23.5 Å². The largest absolute Gasteiger partial charge is 0.448 e. The van der Waals surface area contributed by atoms with Crippen molar-refractivity contribution in [3.05, 3.63) is 138 Å². The molecule has 3 N–H and O–H groups in total. The number of nitrogen functional groups attached to an aromatic ring is 1. The van der Waals surface area contributed by atoms with Crippen molar-refractivity contribution in [3.8, 4) is 0 Å². The van der Waals surface area contributed by atoms with Crippen LogP contribution in [0.2, 0.25) is 0 Å². The molecule has 4 aromatic rings. The summed E-state index contributed by atoms with van der Waals surface area (Å²) >= 11 is 3.71. The van der Waals surface area contributed by atoms with Gasteiger partial charge in [0.15, 0.2) is 11.2 Å². The van der Waals surface area contributed by atoms with Crippen molar-refractivity contribution in [1.29, 1.82) is 0 Å². The average molecular weight is 712 g/mol. The molecule has 49 heavy (non-hydrogen) atoms. The van der Waals surface area contributed by atoms with Crippen molar-refractivity contribution in [3.63, 3.8) is 0 Å². The summed E-state index contributed by atoms with van der Waals surface area (Å²) in [6.45, 7) is 3.60. The van der Waals surface area contributed by atoms with Crippen molar-refractivity contribution in [2.45, 2.75) is 22.1 Å². The Kier molecular flexibility index (Phi) is 10.8. The molecular formula is C34H29N7O5S3. The van der Waals surface area contributed by atoms with Gasteiger partial charge in [0.1, 0.15) is 23.7 Å². The Morgan fingerprint density at radius 1 is 1.08 bits per heavy atom. The maximum atomic E-state index is 14.0. The van der Waals surface area contributed by atoms with Crippen molar-refractivity contribution < 1.29 is 24.0 Å². The number of pyridine rings is 1. The highest BCUT2D eigenvalue weighted by Crippen LogP contribution is 2.45. The van der Waals surface area contributed by atoms with Crippen LogP contribution in [0.25, 0.3) is 6.08 Å². The second kappa shape index (κ2) is 15.8. The smallest absolute Gasteiger partial charge is 0.355 e. The predicted octanol–water partition coefficient (Wildman–Crippen LogP) is 4.77. The molecule has 0 spiro atoms. The second-order valence-corrected chi connectivity index (χ2v) is 13.8. The van der Waals surface area contributed by atoms with Gasteiger partial charge in [-0.3, -0.25) is 19.5 Å². The molecule has 0 saturated carbocycles. The lowest BCUT2D eigenvalue weighted by atomic mass is 10.0. The van der Waals surface area contributed by atoms with E-state index in [0.29, 0.717) is 0 Å². The van der Waals surface area contributed by atoms with Crippen LogP contribution in [0.4, 0.5) is 5.13 Å². The topological polar surface area (TPSA) is 162 Å². The molecule has 2 aliphatic rings. The monoisotopic (exact) mass is 711 g/mol. The zero-order valence-corrected chi connectivity index (χ0v) is 28.1. The molecule has 15 heteroatoms. The van der Waals surface area contributed by atoms with Crippen molar-refractivity contribution in [2.24, 2.45) is 5.16 Å². The number of nitrogens with zero attached hydrogens (tertiary/aromatic N) is 5. The molecule has 1 saturated heterocycles. The quantitative estimate of drug-likeness (QED) is 0.0491. The molecule has 3 atom stereocenters. The molecule has 6 rings (SSSR count). The van der Waals surface area contributed by atoms with Gasteiger partial charge in [-0.25, -0.2) is 4.79 Å². The van der Waals surface area contributed by atoms with Crippen LogP contribution in [0.1, 0.15) is 28.7 Å². The lowest BCUT2D eigenvalue weighted by Crippen LogP contribution is -2.71. The minimum absolute atomic E-state index is 0.0269. The number of hydrogen-bond acceptors (Lipinski definition) is 13. The van der Waals surface area contributed by atoms with Crippen LogP contribution in [-0.4, -0.2) is 65.3 Å². The van der Waals surface area contributed by atoms with E-state index in [4.69, 9.17) is 15.3 Å². The molecule has 4 heterocycles. The maximum absolute atomic E-state index is 14.0. The van der Waals surface area contributed by atoms with Gasteiger partial charge >= 0.3 is 5.97 Å². The Bertz CT molecular complexity index is 1870. The molecule has 0 radical (unpaired) electrons. The van der Waals surface area contributed by atoms with E-state index in [9.17, 15) is 14.4 Å². The number of oxime groups is 1. The Balaban J connectivity index is 1.27. The highest BCUT2D eigenvalue weighted by Gasteiger charge is 2.55. The van der Waals surface area contributed by atoms with E-state index in [2.05, 4.69) is 31.4 Å². The highest BCUT2D eigenvalue weighted by molar-refractivity contribution is 8.19. The number of nitrogens with one attached hydrogen (secondary N) is 1. The molecule has 1 fully saturated rings. The van der Waals surface area contributed by atoms with Gasteiger partial charge in [-0.05, 0) is 40.8 Å². The lowest BCUT2D eigenvalue weighted by Gasteiger charge is -2.49. The highest BCUT2D eigenvalue weighted by atomic mass is 32.2. The number of anilines is 1. The van der Waals surface area contributed by atoms with Crippen LogP contribution in [-0.2, 0) is 24.0 Å². The van der Waals surface area contributed by atoms with Crippen molar-refractivity contribution in [2.75, 3.05) is 12.3 Å². The first-order valence-electron chi connectivity index (χ1n) is 14.9. The van der Waals surface area contributed by atoms with Crippen molar-refractivity contribution in [1.82, 2.24) is 24.6 Å². The number of carbonyl (C=O) groups is 3. The number of esters is 1. The van der Waals surface area contributed by atoms with Gasteiger partial charge in [0.2, 0.25) is 11.5 Å². The number of nitrogens with two attached hydrogens (primary N) is 1.